The first kappa shape index (κ1) is 28.2. The molecule has 2 unspecified atom stereocenters. The molecule has 0 saturated heterocycles. The zero-order valence-electron chi connectivity index (χ0n) is 23.4. The van der Waals surface area contributed by atoms with Crippen LogP contribution in [0.3, 0.4) is 0 Å². The lowest BCUT2D eigenvalue weighted by molar-refractivity contribution is -0.705. The molecule has 1 N–H and O–H groups in total. The van der Waals surface area contributed by atoms with E-state index in [0.29, 0.717) is 5.92 Å². The molecule has 2 atom stereocenters. The first-order valence-electron chi connectivity index (χ1n) is 14.8. The first-order chi connectivity index (χ1) is 17.7. The van der Waals surface area contributed by atoms with Gasteiger partial charge in [0.25, 0.3) is 5.82 Å². The average molecular weight is 488 g/mol. The summed E-state index contributed by atoms with van der Waals surface area (Å²) in [5.41, 5.74) is 2.89. The average Bonchev–Trinajstić information content (AvgIpc) is 3.37. The van der Waals surface area contributed by atoms with Gasteiger partial charge in [-0.2, -0.15) is 0 Å². The van der Waals surface area contributed by atoms with E-state index >= 15 is 0 Å². The molecule has 0 aliphatic carbocycles. The van der Waals surface area contributed by atoms with Gasteiger partial charge in [0, 0.05) is 5.41 Å². The number of nitrogens with zero attached hydrogens (tertiary/aromatic N) is 1. The van der Waals surface area contributed by atoms with Crippen molar-refractivity contribution in [3.63, 3.8) is 0 Å². The number of nitrogens with one attached hydrogen (secondary N) is 1. The highest BCUT2D eigenvalue weighted by Crippen LogP contribution is 2.43. The number of H-pyrrole nitrogens is 1. The fraction of sp³-hybridized carbons (Fsp3) is 0.559. The number of hydrogen-bond acceptors (Lipinski definition) is 0. The van der Waals surface area contributed by atoms with Crippen LogP contribution < -0.4 is 4.57 Å². The van der Waals surface area contributed by atoms with E-state index in [1.54, 1.807) is 0 Å². The summed E-state index contributed by atoms with van der Waals surface area (Å²) in [6, 6.07) is 22.4. The van der Waals surface area contributed by atoms with Crippen LogP contribution in [0.25, 0.3) is 0 Å². The second kappa shape index (κ2) is 15.7. The molecule has 2 nitrogen and oxygen atoms in total. The summed E-state index contributed by atoms with van der Waals surface area (Å²) in [4.78, 5) is 3.74. The molecule has 36 heavy (non-hydrogen) atoms. The topological polar surface area (TPSA) is 19.7 Å². The highest BCUT2D eigenvalue weighted by Gasteiger charge is 2.41. The standard InChI is InChI=1S/C34H50N2/c1-4-6-8-10-12-20-27-36-28-26-35-33(36)32(25-19-11-9-7-5-2)34(3,31-23-17-14-18-24-31)29-30-21-15-13-16-22-30/h13-18,21-24,26,28,32H,4-12,19-20,25,27,29H2,1-3H3/p+1. The zero-order chi connectivity index (χ0) is 25.5. The maximum Gasteiger partial charge on any atom is 0.258 e. The molecule has 196 valence electrons. The van der Waals surface area contributed by atoms with Crippen LogP contribution in [-0.2, 0) is 18.4 Å². The Labute approximate surface area is 221 Å². The van der Waals surface area contributed by atoms with Gasteiger partial charge in [0.2, 0.25) is 0 Å². The lowest BCUT2D eigenvalue weighted by Crippen LogP contribution is -2.43. The fourth-order valence-corrected chi connectivity index (χ4v) is 5.91. The predicted molar refractivity (Wildman–Crippen MR) is 154 cm³/mol. The third-order valence-electron chi connectivity index (χ3n) is 8.09. The van der Waals surface area contributed by atoms with Crippen molar-refractivity contribution in [2.75, 3.05) is 0 Å². The van der Waals surface area contributed by atoms with Gasteiger partial charge in [0.1, 0.15) is 12.4 Å². The molecule has 2 heteroatoms. The summed E-state index contributed by atoms with van der Waals surface area (Å²) in [5.74, 6) is 1.86. The van der Waals surface area contributed by atoms with E-state index in [0.717, 1.165) is 13.0 Å². The van der Waals surface area contributed by atoms with E-state index in [4.69, 9.17) is 0 Å². The lowest BCUT2D eigenvalue weighted by atomic mass is 9.66. The van der Waals surface area contributed by atoms with Crippen LogP contribution in [0.1, 0.15) is 121 Å². The van der Waals surface area contributed by atoms with Gasteiger partial charge in [0.15, 0.2) is 0 Å². The molecule has 0 aliphatic heterocycles. The molecule has 0 fully saturated rings. The summed E-state index contributed by atoms with van der Waals surface area (Å²) >= 11 is 0. The number of rotatable bonds is 18. The van der Waals surface area contributed by atoms with E-state index in [1.807, 2.05) is 0 Å². The van der Waals surface area contributed by atoms with Gasteiger partial charge < -0.3 is 0 Å². The quantitative estimate of drug-likeness (QED) is 0.136. The molecule has 3 rings (SSSR count). The number of benzene rings is 2. The van der Waals surface area contributed by atoms with Gasteiger partial charge in [0.05, 0.1) is 12.5 Å². The Bertz CT molecular complexity index is 946. The monoisotopic (exact) mass is 487 g/mol. The molecule has 2 aromatic carbocycles. The van der Waals surface area contributed by atoms with Gasteiger partial charge in [-0.15, -0.1) is 0 Å². The molecule has 0 aliphatic rings. The third kappa shape index (κ3) is 8.36. The van der Waals surface area contributed by atoms with E-state index < -0.39 is 0 Å². The fourth-order valence-electron chi connectivity index (χ4n) is 5.91. The van der Waals surface area contributed by atoms with Crippen LogP contribution in [0.5, 0.6) is 0 Å². The zero-order valence-corrected chi connectivity index (χ0v) is 23.4. The minimum absolute atomic E-state index is 0.0150. The van der Waals surface area contributed by atoms with Gasteiger partial charge in [-0.1, -0.05) is 139 Å². The lowest BCUT2D eigenvalue weighted by Gasteiger charge is -2.37. The molecule has 3 aromatic rings. The maximum atomic E-state index is 3.74. The Hall–Kier alpha value is -2.35. The Kier molecular flexibility index (Phi) is 12.3. The molecule has 0 saturated carbocycles. The maximum absolute atomic E-state index is 3.74. The SMILES string of the molecule is CCCCCCCC[n+]1cc[nH]c1C(CCCCCCC)C(C)(Cc1ccccc1)c1ccccc1. The predicted octanol–water partition coefficient (Wildman–Crippen LogP) is 9.31. The summed E-state index contributed by atoms with van der Waals surface area (Å²) in [6.07, 6.45) is 21.4. The molecule has 0 bridgehead atoms. The summed E-state index contributed by atoms with van der Waals surface area (Å²) in [7, 11) is 0. The summed E-state index contributed by atoms with van der Waals surface area (Å²) in [5, 5.41) is 0. The van der Waals surface area contributed by atoms with Crippen molar-refractivity contribution in [1.82, 2.24) is 4.98 Å². The third-order valence-corrected chi connectivity index (χ3v) is 8.09. The van der Waals surface area contributed by atoms with E-state index in [9.17, 15) is 0 Å². The minimum Gasteiger partial charge on any atom is -0.247 e. The number of aromatic nitrogens is 2. The van der Waals surface area contributed by atoms with Crippen LogP contribution in [0.4, 0.5) is 0 Å². The molecule has 0 amide bonds. The van der Waals surface area contributed by atoms with Crippen LogP contribution >= 0.6 is 0 Å². The molecule has 0 spiro atoms. The molecule has 0 radical (unpaired) electrons. The number of aromatic amines is 1. The Balaban J connectivity index is 1.88. The number of unbranched alkanes of at least 4 members (excludes halogenated alkanes) is 9. The molecule has 1 aromatic heterocycles. The Morgan fingerprint density at radius 2 is 1.31 bits per heavy atom. The van der Waals surface area contributed by atoms with Crippen molar-refractivity contribution in [2.24, 2.45) is 0 Å². The van der Waals surface area contributed by atoms with Crippen molar-refractivity contribution < 1.29 is 4.57 Å². The van der Waals surface area contributed by atoms with Crippen LogP contribution in [-0.4, -0.2) is 4.98 Å². The second-order valence-electron chi connectivity index (χ2n) is 11.0. The van der Waals surface area contributed by atoms with Gasteiger partial charge in [-0.05, 0) is 36.8 Å². The number of aryl methyl sites for hydroxylation is 1. The Morgan fingerprint density at radius 3 is 1.97 bits per heavy atom. The summed E-state index contributed by atoms with van der Waals surface area (Å²) < 4.78 is 2.54. The largest absolute Gasteiger partial charge is 0.258 e. The molecule has 1 heterocycles. The van der Waals surface area contributed by atoms with Crippen molar-refractivity contribution in [3.8, 4) is 0 Å². The number of hydrogen-bond donors (Lipinski definition) is 1. The first-order valence-corrected chi connectivity index (χ1v) is 14.8. The number of imidazole rings is 1. The molecular weight excluding hydrogens is 436 g/mol. The Morgan fingerprint density at radius 1 is 0.722 bits per heavy atom. The minimum atomic E-state index is 0.0150. The van der Waals surface area contributed by atoms with Crippen molar-refractivity contribution in [3.05, 3.63) is 90.0 Å². The van der Waals surface area contributed by atoms with E-state index in [1.165, 1.54) is 94.0 Å². The van der Waals surface area contributed by atoms with E-state index in [-0.39, 0.29) is 5.41 Å². The van der Waals surface area contributed by atoms with Crippen molar-refractivity contribution in [2.45, 2.75) is 122 Å². The van der Waals surface area contributed by atoms with E-state index in [2.05, 4.69) is 103 Å². The van der Waals surface area contributed by atoms with Crippen LogP contribution in [0.2, 0.25) is 0 Å². The van der Waals surface area contributed by atoms with Gasteiger partial charge >= 0.3 is 0 Å². The van der Waals surface area contributed by atoms with Gasteiger partial charge in [-0.25, -0.2) is 9.55 Å². The molecular formula is C34H51N2+. The highest BCUT2D eigenvalue weighted by molar-refractivity contribution is 5.32. The van der Waals surface area contributed by atoms with Crippen LogP contribution in [0.15, 0.2) is 73.1 Å². The highest BCUT2D eigenvalue weighted by atomic mass is 15.1. The van der Waals surface area contributed by atoms with Crippen molar-refractivity contribution >= 4 is 0 Å². The van der Waals surface area contributed by atoms with Gasteiger partial charge in [-0.3, -0.25) is 0 Å². The van der Waals surface area contributed by atoms with Crippen LogP contribution in [0, 0.1) is 0 Å². The van der Waals surface area contributed by atoms with Crippen molar-refractivity contribution in [1.29, 1.82) is 0 Å². The smallest absolute Gasteiger partial charge is 0.247 e. The normalized spacial score (nSPS) is 14.0. The summed E-state index contributed by atoms with van der Waals surface area (Å²) in [6.45, 7) is 8.23. The second-order valence-corrected chi connectivity index (χ2v) is 11.0.